The Hall–Kier alpha value is -2.43. The van der Waals surface area contributed by atoms with E-state index in [1.807, 2.05) is 30.3 Å². The zero-order valence-electron chi connectivity index (χ0n) is 8.54. The summed E-state index contributed by atoms with van der Waals surface area (Å²) >= 11 is 0. The fourth-order valence-electron chi connectivity index (χ4n) is 1.19. The van der Waals surface area contributed by atoms with Crippen LogP contribution in [-0.4, -0.2) is 16.2 Å². The molecule has 0 radical (unpaired) electrons. The molecule has 0 saturated carbocycles. The third-order valence-electron chi connectivity index (χ3n) is 1.97. The highest BCUT2D eigenvalue weighted by Gasteiger charge is 1.98. The highest BCUT2D eigenvalue weighted by Crippen LogP contribution is 2.18. The second kappa shape index (κ2) is 4.39. The first-order valence-electron chi connectivity index (χ1n) is 4.73. The van der Waals surface area contributed by atoms with Gasteiger partial charge in [0.2, 0.25) is 5.95 Å². The van der Waals surface area contributed by atoms with Crippen molar-refractivity contribution < 1.29 is 0 Å². The molecule has 1 heterocycles. The molecule has 1 aromatic heterocycles. The Bertz CT molecular complexity index is 507. The molecule has 0 fully saturated rings. The molecule has 0 amide bonds. The number of anilines is 2. The van der Waals surface area contributed by atoms with Gasteiger partial charge < -0.3 is 11.5 Å². The lowest BCUT2D eigenvalue weighted by molar-refractivity contribution is 1.18. The summed E-state index contributed by atoms with van der Waals surface area (Å²) in [5.41, 5.74) is 12.5. The van der Waals surface area contributed by atoms with Crippen LogP contribution in [0.4, 0.5) is 17.5 Å². The summed E-state index contributed by atoms with van der Waals surface area (Å²) in [6.07, 6.45) is 3.20. The Morgan fingerprint density at radius 2 is 1.88 bits per heavy atom. The second-order valence-corrected chi connectivity index (χ2v) is 3.17. The number of nitrogens with zero attached hydrogens (tertiary/aromatic N) is 3. The molecule has 0 aliphatic carbocycles. The van der Waals surface area contributed by atoms with E-state index in [2.05, 4.69) is 15.0 Å². The van der Waals surface area contributed by atoms with Crippen LogP contribution in [0.25, 0.3) is 0 Å². The first-order valence-corrected chi connectivity index (χ1v) is 4.73. The molecular formula is C11H11N5. The Morgan fingerprint density at radius 3 is 2.56 bits per heavy atom. The molecule has 4 N–H and O–H groups in total. The Morgan fingerprint density at radius 1 is 1.12 bits per heavy atom. The van der Waals surface area contributed by atoms with Crippen LogP contribution >= 0.6 is 0 Å². The van der Waals surface area contributed by atoms with Gasteiger partial charge in [-0.3, -0.25) is 4.99 Å². The standard InChI is InChI=1S/C11H11N5/c12-10-9(7-15-11(13)16-10)14-6-8-4-2-1-3-5-8/h1-7H,(H4,12,13,15,16). The lowest BCUT2D eigenvalue weighted by atomic mass is 10.2. The molecule has 16 heavy (non-hydrogen) atoms. The van der Waals surface area contributed by atoms with Crippen LogP contribution in [0.2, 0.25) is 0 Å². The number of nitrogens with two attached hydrogens (primary N) is 2. The van der Waals surface area contributed by atoms with Crippen molar-refractivity contribution >= 4 is 23.7 Å². The van der Waals surface area contributed by atoms with E-state index < -0.39 is 0 Å². The fourth-order valence-corrected chi connectivity index (χ4v) is 1.19. The summed E-state index contributed by atoms with van der Waals surface area (Å²) < 4.78 is 0. The predicted molar refractivity (Wildman–Crippen MR) is 64.6 cm³/mol. The molecule has 0 aliphatic heterocycles. The Balaban J connectivity index is 2.24. The Kier molecular flexibility index (Phi) is 2.77. The van der Waals surface area contributed by atoms with Crippen LogP contribution in [0.1, 0.15) is 5.56 Å². The van der Waals surface area contributed by atoms with E-state index in [4.69, 9.17) is 11.5 Å². The van der Waals surface area contributed by atoms with Gasteiger partial charge in [-0.15, -0.1) is 0 Å². The van der Waals surface area contributed by atoms with Crippen LogP contribution in [0.15, 0.2) is 41.5 Å². The number of nitrogen functional groups attached to an aromatic ring is 2. The quantitative estimate of drug-likeness (QED) is 0.737. The maximum atomic E-state index is 5.64. The molecule has 0 atom stereocenters. The van der Waals surface area contributed by atoms with Crippen LogP contribution in [0.3, 0.4) is 0 Å². The van der Waals surface area contributed by atoms with Gasteiger partial charge in [-0.25, -0.2) is 4.98 Å². The molecule has 5 nitrogen and oxygen atoms in total. The third kappa shape index (κ3) is 2.33. The van der Waals surface area contributed by atoms with E-state index in [1.165, 1.54) is 6.20 Å². The second-order valence-electron chi connectivity index (χ2n) is 3.17. The fraction of sp³-hybridized carbons (Fsp3) is 0. The molecule has 0 bridgehead atoms. The first kappa shape index (κ1) is 10.1. The largest absolute Gasteiger partial charge is 0.382 e. The topological polar surface area (TPSA) is 90.2 Å². The number of aromatic nitrogens is 2. The minimum absolute atomic E-state index is 0.149. The van der Waals surface area contributed by atoms with Gasteiger partial charge in [0.15, 0.2) is 5.82 Å². The molecule has 0 unspecified atom stereocenters. The van der Waals surface area contributed by atoms with Crippen LogP contribution < -0.4 is 11.5 Å². The van der Waals surface area contributed by atoms with Crippen molar-refractivity contribution in [2.75, 3.05) is 11.5 Å². The Labute approximate surface area is 92.9 Å². The lowest BCUT2D eigenvalue weighted by Crippen LogP contribution is -1.98. The number of rotatable bonds is 2. The smallest absolute Gasteiger partial charge is 0.222 e. The highest BCUT2D eigenvalue weighted by molar-refractivity contribution is 5.83. The average Bonchev–Trinajstić information content (AvgIpc) is 2.29. The summed E-state index contributed by atoms with van der Waals surface area (Å²) in [6, 6.07) is 9.70. The lowest BCUT2D eigenvalue weighted by Gasteiger charge is -1.98. The monoisotopic (exact) mass is 213 g/mol. The van der Waals surface area contributed by atoms with Crippen molar-refractivity contribution in [2.45, 2.75) is 0 Å². The van der Waals surface area contributed by atoms with Gasteiger partial charge in [0, 0.05) is 6.21 Å². The van der Waals surface area contributed by atoms with Crippen molar-refractivity contribution in [2.24, 2.45) is 4.99 Å². The number of aliphatic imine (C=N–C) groups is 1. The van der Waals surface area contributed by atoms with Crippen LogP contribution in [-0.2, 0) is 0 Å². The molecule has 0 saturated heterocycles. The summed E-state index contributed by atoms with van der Waals surface area (Å²) in [5.74, 6) is 0.427. The molecule has 5 heteroatoms. The summed E-state index contributed by atoms with van der Waals surface area (Å²) in [4.78, 5) is 11.8. The van der Waals surface area contributed by atoms with Crippen molar-refractivity contribution in [3.05, 3.63) is 42.1 Å². The van der Waals surface area contributed by atoms with E-state index in [9.17, 15) is 0 Å². The maximum Gasteiger partial charge on any atom is 0.222 e. The van der Waals surface area contributed by atoms with Gasteiger partial charge in [0.05, 0.1) is 6.20 Å². The third-order valence-corrected chi connectivity index (χ3v) is 1.97. The van der Waals surface area contributed by atoms with Gasteiger partial charge in [0.1, 0.15) is 5.69 Å². The molecule has 0 aliphatic rings. The van der Waals surface area contributed by atoms with Crippen LogP contribution in [0.5, 0.6) is 0 Å². The summed E-state index contributed by atoms with van der Waals surface area (Å²) in [6.45, 7) is 0. The maximum absolute atomic E-state index is 5.64. The van der Waals surface area contributed by atoms with E-state index in [-0.39, 0.29) is 11.8 Å². The molecule has 2 rings (SSSR count). The first-order chi connectivity index (χ1) is 7.75. The van der Waals surface area contributed by atoms with Crippen molar-refractivity contribution in [3.63, 3.8) is 0 Å². The molecule has 1 aromatic carbocycles. The van der Waals surface area contributed by atoms with Crippen LogP contribution in [0, 0.1) is 0 Å². The van der Waals surface area contributed by atoms with Crippen molar-refractivity contribution in [1.82, 2.24) is 9.97 Å². The van der Waals surface area contributed by atoms with Gasteiger partial charge in [-0.2, -0.15) is 4.98 Å². The van der Waals surface area contributed by atoms with E-state index in [0.29, 0.717) is 5.69 Å². The minimum Gasteiger partial charge on any atom is -0.382 e. The predicted octanol–water partition coefficient (Wildman–Crippen LogP) is 1.39. The molecular weight excluding hydrogens is 202 g/mol. The zero-order valence-corrected chi connectivity index (χ0v) is 8.54. The number of hydrogen-bond acceptors (Lipinski definition) is 5. The van der Waals surface area contributed by atoms with E-state index in [1.54, 1.807) is 6.21 Å². The van der Waals surface area contributed by atoms with Gasteiger partial charge in [0.25, 0.3) is 0 Å². The van der Waals surface area contributed by atoms with Gasteiger partial charge >= 0.3 is 0 Å². The SMILES string of the molecule is Nc1ncc(N=Cc2ccccc2)c(N)n1. The number of hydrogen-bond donors (Lipinski definition) is 2. The molecule has 80 valence electrons. The minimum atomic E-state index is 0.149. The van der Waals surface area contributed by atoms with E-state index >= 15 is 0 Å². The normalized spacial score (nSPS) is 10.8. The number of benzene rings is 1. The van der Waals surface area contributed by atoms with Crippen molar-refractivity contribution in [3.8, 4) is 0 Å². The summed E-state index contributed by atoms with van der Waals surface area (Å²) in [7, 11) is 0. The zero-order chi connectivity index (χ0) is 11.4. The molecule has 2 aromatic rings. The highest BCUT2D eigenvalue weighted by atomic mass is 15.0. The summed E-state index contributed by atoms with van der Waals surface area (Å²) in [5, 5.41) is 0. The van der Waals surface area contributed by atoms with Gasteiger partial charge in [-0.05, 0) is 5.56 Å². The van der Waals surface area contributed by atoms with E-state index in [0.717, 1.165) is 5.56 Å². The average molecular weight is 213 g/mol. The van der Waals surface area contributed by atoms with Gasteiger partial charge in [-0.1, -0.05) is 30.3 Å². The molecule has 0 spiro atoms. The van der Waals surface area contributed by atoms with Crippen molar-refractivity contribution in [1.29, 1.82) is 0 Å².